The zero-order valence-corrected chi connectivity index (χ0v) is 10.8. The number of ketones is 1. The highest BCUT2D eigenvalue weighted by Gasteiger charge is 2.11. The molecular formula is C15H12FNO4. The number of aliphatic hydroxyl groups excluding tert-OH is 1. The van der Waals surface area contributed by atoms with Gasteiger partial charge in [0, 0.05) is 30.0 Å². The molecule has 0 spiro atoms. The number of H-pyrrole nitrogens is 1. The van der Waals surface area contributed by atoms with Gasteiger partial charge in [-0.15, -0.1) is 0 Å². The van der Waals surface area contributed by atoms with Crippen molar-refractivity contribution >= 4 is 17.5 Å². The van der Waals surface area contributed by atoms with E-state index in [0.717, 1.165) is 11.3 Å². The fourth-order valence-corrected chi connectivity index (χ4v) is 1.78. The summed E-state index contributed by atoms with van der Waals surface area (Å²) in [5.41, 5.74) is 1.91. The van der Waals surface area contributed by atoms with Gasteiger partial charge in [-0.2, -0.15) is 0 Å². The van der Waals surface area contributed by atoms with Crippen LogP contribution in [0.15, 0.2) is 42.6 Å². The molecule has 3 N–H and O–H groups in total. The summed E-state index contributed by atoms with van der Waals surface area (Å²) >= 11 is 0. The second kappa shape index (κ2) is 6.04. The van der Waals surface area contributed by atoms with Crippen LogP contribution < -0.4 is 0 Å². The summed E-state index contributed by atoms with van der Waals surface area (Å²) in [6.07, 6.45) is 2.59. The van der Waals surface area contributed by atoms with Crippen molar-refractivity contribution in [2.24, 2.45) is 0 Å². The van der Waals surface area contributed by atoms with Crippen molar-refractivity contribution in [2.45, 2.75) is 6.42 Å². The monoisotopic (exact) mass is 289 g/mol. The molecule has 0 unspecified atom stereocenters. The molecule has 0 bridgehead atoms. The number of aromatic amines is 1. The Kier molecular flexibility index (Phi) is 4.18. The summed E-state index contributed by atoms with van der Waals surface area (Å²) in [5.74, 6) is -3.58. The van der Waals surface area contributed by atoms with Crippen molar-refractivity contribution in [2.75, 3.05) is 0 Å². The van der Waals surface area contributed by atoms with Crippen LogP contribution >= 0.6 is 0 Å². The first-order chi connectivity index (χ1) is 9.95. The number of rotatable bonds is 5. The number of nitrogens with one attached hydrogen (secondary N) is 1. The van der Waals surface area contributed by atoms with E-state index in [9.17, 15) is 19.1 Å². The number of benzene rings is 1. The summed E-state index contributed by atoms with van der Waals surface area (Å²) in [5, 5.41) is 18.1. The molecule has 0 radical (unpaired) electrons. The van der Waals surface area contributed by atoms with E-state index in [1.165, 1.54) is 18.3 Å². The number of carboxylic acid groups (broad SMARTS) is 1. The zero-order chi connectivity index (χ0) is 15.4. The standard InChI is InChI=1S/C15H12FNO4/c16-11-3-1-9(2-4-11)5-12-6-10(8-17-12)13(18)7-14(19)15(20)21/h1-4,6-8,17-18H,5H2,(H,20,21). The molecule has 0 fully saturated rings. The number of carbonyl (C=O) groups excluding carboxylic acids is 1. The van der Waals surface area contributed by atoms with Gasteiger partial charge >= 0.3 is 5.97 Å². The molecule has 0 aliphatic carbocycles. The summed E-state index contributed by atoms with van der Waals surface area (Å²) < 4.78 is 12.8. The van der Waals surface area contributed by atoms with Crippen LogP contribution in [-0.4, -0.2) is 26.9 Å². The average molecular weight is 289 g/mol. The van der Waals surface area contributed by atoms with E-state index in [1.807, 2.05) is 0 Å². The molecule has 1 aromatic carbocycles. The maximum absolute atomic E-state index is 12.8. The van der Waals surface area contributed by atoms with Crippen LogP contribution in [0.5, 0.6) is 0 Å². The van der Waals surface area contributed by atoms with Crippen LogP contribution in [0.25, 0.3) is 5.76 Å². The van der Waals surface area contributed by atoms with Gasteiger partial charge in [0.1, 0.15) is 11.6 Å². The molecule has 0 atom stereocenters. The van der Waals surface area contributed by atoms with E-state index in [1.54, 1.807) is 18.2 Å². The van der Waals surface area contributed by atoms with Gasteiger partial charge in [-0.1, -0.05) is 12.1 Å². The summed E-state index contributed by atoms with van der Waals surface area (Å²) in [6.45, 7) is 0. The molecule has 6 heteroatoms. The molecule has 2 aromatic rings. The molecule has 1 heterocycles. The fraction of sp³-hybridized carbons (Fsp3) is 0.0667. The average Bonchev–Trinajstić information content (AvgIpc) is 2.90. The van der Waals surface area contributed by atoms with Gasteiger partial charge in [-0.05, 0) is 23.8 Å². The van der Waals surface area contributed by atoms with E-state index in [0.29, 0.717) is 18.1 Å². The maximum atomic E-state index is 12.8. The number of carboxylic acids is 1. The number of hydrogen-bond acceptors (Lipinski definition) is 3. The Labute approximate surface area is 119 Å². The molecule has 5 nitrogen and oxygen atoms in total. The molecular weight excluding hydrogens is 277 g/mol. The minimum Gasteiger partial charge on any atom is -0.507 e. The largest absolute Gasteiger partial charge is 0.507 e. The van der Waals surface area contributed by atoms with Gasteiger partial charge in [-0.3, -0.25) is 4.79 Å². The molecule has 0 amide bonds. The van der Waals surface area contributed by atoms with Crippen molar-refractivity contribution in [3.05, 3.63) is 65.2 Å². The molecule has 1 aromatic heterocycles. The van der Waals surface area contributed by atoms with Crippen LogP contribution in [0, 0.1) is 5.82 Å². The lowest BCUT2D eigenvalue weighted by molar-refractivity contribution is -0.146. The van der Waals surface area contributed by atoms with Gasteiger partial charge in [0.15, 0.2) is 0 Å². The number of aliphatic carboxylic acids is 1. The zero-order valence-electron chi connectivity index (χ0n) is 10.8. The van der Waals surface area contributed by atoms with Crippen LogP contribution in [-0.2, 0) is 16.0 Å². The Morgan fingerprint density at radius 2 is 1.86 bits per heavy atom. The molecule has 0 aliphatic rings. The number of aliphatic hydroxyl groups is 1. The third-order valence-corrected chi connectivity index (χ3v) is 2.82. The number of halogens is 1. The van der Waals surface area contributed by atoms with Gasteiger partial charge < -0.3 is 15.2 Å². The van der Waals surface area contributed by atoms with Crippen LogP contribution in [0.3, 0.4) is 0 Å². The quantitative estimate of drug-likeness (QED) is 0.447. The van der Waals surface area contributed by atoms with E-state index < -0.39 is 17.5 Å². The van der Waals surface area contributed by atoms with Crippen molar-refractivity contribution in [3.63, 3.8) is 0 Å². The lowest BCUT2D eigenvalue weighted by Crippen LogP contribution is -2.09. The Balaban J connectivity index is 2.12. The highest BCUT2D eigenvalue weighted by molar-refractivity contribution is 6.38. The highest BCUT2D eigenvalue weighted by atomic mass is 19.1. The second-order valence-electron chi connectivity index (χ2n) is 4.42. The summed E-state index contributed by atoms with van der Waals surface area (Å²) in [4.78, 5) is 24.3. The van der Waals surface area contributed by atoms with E-state index in [2.05, 4.69) is 4.98 Å². The maximum Gasteiger partial charge on any atom is 0.376 e. The van der Waals surface area contributed by atoms with Crippen molar-refractivity contribution in [3.8, 4) is 0 Å². The highest BCUT2D eigenvalue weighted by Crippen LogP contribution is 2.16. The van der Waals surface area contributed by atoms with Crippen molar-refractivity contribution < 1.29 is 24.2 Å². The SMILES string of the molecule is O=C(O)C(=O)C=C(O)c1c[nH]c(Cc2ccc(F)cc2)c1. The van der Waals surface area contributed by atoms with Gasteiger partial charge in [0.25, 0.3) is 5.78 Å². The van der Waals surface area contributed by atoms with E-state index in [-0.39, 0.29) is 5.82 Å². The second-order valence-corrected chi connectivity index (χ2v) is 4.42. The Bertz CT molecular complexity index is 701. The molecule has 21 heavy (non-hydrogen) atoms. The molecule has 108 valence electrons. The Morgan fingerprint density at radius 1 is 1.19 bits per heavy atom. The number of carbonyl (C=O) groups is 2. The van der Waals surface area contributed by atoms with Crippen molar-refractivity contribution in [1.82, 2.24) is 4.98 Å². The predicted octanol–water partition coefficient (Wildman–Crippen LogP) is 2.30. The minimum atomic E-state index is -1.64. The topological polar surface area (TPSA) is 90.4 Å². The van der Waals surface area contributed by atoms with Crippen LogP contribution in [0.1, 0.15) is 16.8 Å². The smallest absolute Gasteiger partial charge is 0.376 e. The van der Waals surface area contributed by atoms with Gasteiger partial charge in [-0.25, -0.2) is 9.18 Å². The van der Waals surface area contributed by atoms with Gasteiger partial charge in [0.2, 0.25) is 0 Å². The van der Waals surface area contributed by atoms with E-state index in [4.69, 9.17) is 5.11 Å². The summed E-state index contributed by atoms with van der Waals surface area (Å²) in [7, 11) is 0. The first kappa shape index (κ1) is 14.5. The Hall–Kier alpha value is -2.89. The molecule has 0 aliphatic heterocycles. The normalized spacial score (nSPS) is 11.4. The third-order valence-electron chi connectivity index (χ3n) is 2.82. The first-order valence-electron chi connectivity index (χ1n) is 6.05. The predicted molar refractivity (Wildman–Crippen MR) is 73.2 cm³/mol. The first-order valence-corrected chi connectivity index (χ1v) is 6.05. The number of aromatic nitrogens is 1. The number of hydrogen-bond donors (Lipinski definition) is 3. The van der Waals surface area contributed by atoms with Crippen molar-refractivity contribution in [1.29, 1.82) is 0 Å². The summed E-state index contributed by atoms with van der Waals surface area (Å²) in [6, 6.07) is 7.56. The lowest BCUT2D eigenvalue weighted by atomic mass is 10.1. The molecule has 0 saturated carbocycles. The molecule has 2 rings (SSSR count). The van der Waals surface area contributed by atoms with Gasteiger partial charge in [0.05, 0.1) is 0 Å². The fourth-order valence-electron chi connectivity index (χ4n) is 1.78. The van der Waals surface area contributed by atoms with Crippen LogP contribution in [0.4, 0.5) is 4.39 Å². The third kappa shape index (κ3) is 3.79. The van der Waals surface area contributed by atoms with Crippen LogP contribution in [0.2, 0.25) is 0 Å². The van der Waals surface area contributed by atoms with E-state index >= 15 is 0 Å². The Morgan fingerprint density at radius 3 is 2.48 bits per heavy atom. The lowest BCUT2D eigenvalue weighted by Gasteiger charge is -1.98. The minimum absolute atomic E-state index is 0.307. The molecule has 0 saturated heterocycles.